The lowest BCUT2D eigenvalue weighted by atomic mass is 9.73. The molecule has 4 aromatic rings. The monoisotopic (exact) mass is 491 g/mol. The van der Waals surface area contributed by atoms with Crippen molar-refractivity contribution in [2.75, 3.05) is 5.32 Å². The van der Waals surface area contributed by atoms with Crippen molar-refractivity contribution in [2.24, 2.45) is 5.92 Å². The number of aromatic amines is 1. The molecule has 4 unspecified atom stereocenters. The second-order valence-corrected chi connectivity index (χ2v) is 10.3. The third-order valence-corrected chi connectivity index (χ3v) is 8.04. The number of imidazole rings is 1. The maximum Gasteiger partial charge on any atom is 0.224 e. The molecule has 4 aromatic heterocycles. The van der Waals surface area contributed by atoms with Crippen LogP contribution in [0.3, 0.4) is 0 Å². The van der Waals surface area contributed by atoms with E-state index in [1.807, 2.05) is 25.3 Å². The molecule has 0 radical (unpaired) electrons. The van der Waals surface area contributed by atoms with Crippen molar-refractivity contribution in [3.63, 3.8) is 0 Å². The first kappa shape index (κ1) is 22.3. The second-order valence-electron chi connectivity index (χ2n) is 9.24. The van der Waals surface area contributed by atoms with Gasteiger partial charge in [-0.3, -0.25) is 15.2 Å². The summed E-state index contributed by atoms with van der Waals surface area (Å²) in [6.45, 7) is 1.84. The van der Waals surface area contributed by atoms with E-state index >= 15 is 0 Å². The summed E-state index contributed by atoms with van der Waals surface area (Å²) in [5.41, 5.74) is 11.2. The van der Waals surface area contributed by atoms with Gasteiger partial charge in [0.25, 0.3) is 0 Å². The van der Waals surface area contributed by atoms with Gasteiger partial charge in [-0.1, -0.05) is 6.92 Å². The second kappa shape index (κ2) is 9.10. The van der Waals surface area contributed by atoms with Crippen LogP contribution in [0.15, 0.2) is 42.9 Å². The number of rotatable bonds is 5. The van der Waals surface area contributed by atoms with Crippen LogP contribution in [0.4, 0.5) is 10.1 Å². The molecule has 2 aliphatic rings. The summed E-state index contributed by atoms with van der Waals surface area (Å²) in [5, 5.41) is 2.70. The number of thiophene rings is 1. The normalized spacial score (nSPS) is 23.9. The topological polar surface area (TPSA) is 108 Å². The van der Waals surface area contributed by atoms with Gasteiger partial charge in [-0.05, 0) is 60.9 Å². The molecular weight excluding hydrogens is 465 g/mol. The van der Waals surface area contributed by atoms with Crippen LogP contribution >= 0.6 is 11.3 Å². The number of nitrogens with zero attached hydrogens (tertiary/aromatic N) is 3. The molecule has 5 heterocycles. The predicted molar refractivity (Wildman–Crippen MR) is 133 cm³/mol. The average molecular weight is 492 g/mol. The van der Waals surface area contributed by atoms with E-state index in [4.69, 9.17) is 4.98 Å². The van der Waals surface area contributed by atoms with Crippen molar-refractivity contribution < 1.29 is 9.18 Å². The van der Waals surface area contributed by atoms with Gasteiger partial charge in [0.2, 0.25) is 5.91 Å². The Morgan fingerprint density at radius 2 is 2.14 bits per heavy atom. The van der Waals surface area contributed by atoms with E-state index in [-0.39, 0.29) is 17.1 Å². The van der Waals surface area contributed by atoms with Crippen molar-refractivity contribution in [1.29, 1.82) is 0 Å². The van der Waals surface area contributed by atoms with Crippen molar-refractivity contribution >= 4 is 34.1 Å². The van der Waals surface area contributed by atoms with Gasteiger partial charge >= 0.3 is 0 Å². The van der Waals surface area contributed by atoms with Crippen molar-refractivity contribution in [3.8, 4) is 10.4 Å². The molecule has 0 aromatic carbocycles. The highest BCUT2D eigenvalue weighted by Gasteiger charge is 2.42. The van der Waals surface area contributed by atoms with Crippen LogP contribution in [0, 0.1) is 11.0 Å². The Hall–Kier alpha value is -3.21. The van der Waals surface area contributed by atoms with Crippen molar-refractivity contribution in [3.05, 3.63) is 59.4 Å². The SMILES string of the molecule is CCC(=O)Nc1cncc(C2CCC3NNC(c4nc5nccc(-c6ccc(F)s6)c5[nH]4)C3C2)c1. The summed E-state index contributed by atoms with van der Waals surface area (Å²) < 4.78 is 13.7. The number of hydrazine groups is 1. The molecule has 180 valence electrons. The molecule has 4 atom stereocenters. The van der Waals surface area contributed by atoms with Gasteiger partial charge in [0.05, 0.1) is 23.4 Å². The van der Waals surface area contributed by atoms with Crippen LogP contribution in [0.1, 0.15) is 56.0 Å². The van der Waals surface area contributed by atoms with Gasteiger partial charge < -0.3 is 10.3 Å². The Balaban J connectivity index is 1.27. The van der Waals surface area contributed by atoms with Crippen molar-refractivity contribution in [2.45, 2.75) is 50.6 Å². The zero-order valence-corrected chi connectivity index (χ0v) is 20.0. The Morgan fingerprint density at radius 3 is 2.97 bits per heavy atom. The van der Waals surface area contributed by atoms with E-state index in [2.05, 4.69) is 31.1 Å². The minimum Gasteiger partial charge on any atom is -0.339 e. The summed E-state index contributed by atoms with van der Waals surface area (Å²) in [6, 6.07) is 7.56. The van der Waals surface area contributed by atoms with E-state index in [9.17, 15) is 9.18 Å². The number of fused-ring (bicyclic) bond motifs is 2. The van der Waals surface area contributed by atoms with Crippen LogP contribution in [-0.4, -0.2) is 31.9 Å². The first-order valence-corrected chi connectivity index (χ1v) is 12.8. The number of carbonyl (C=O) groups excluding carboxylic acids is 1. The Morgan fingerprint density at radius 1 is 1.23 bits per heavy atom. The molecule has 1 amide bonds. The molecular formula is C25H26FN7OS. The zero-order valence-electron chi connectivity index (χ0n) is 19.2. The maximum atomic E-state index is 13.7. The highest BCUT2D eigenvalue weighted by Crippen LogP contribution is 2.44. The first-order valence-electron chi connectivity index (χ1n) is 11.9. The lowest BCUT2D eigenvalue weighted by molar-refractivity contribution is -0.115. The van der Waals surface area contributed by atoms with E-state index in [1.165, 1.54) is 6.07 Å². The molecule has 4 N–H and O–H groups in total. The number of pyridine rings is 2. The Labute approximate surface area is 205 Å². The molecule has 6 rings (SSSR count). The molecule has 1 aliphatic heterocycles. The van der Waals surface area contributed by atoms with E-state index in [0.717, 1.165) is 63.6 Å². The molecule has 8 nitrogen and oxygen atoms in total. The van der Waals surface area contributed by atoms with E-state index in [1.54, 1.807) is 18.5 Å². The molecule has 35 heavy (non-hydrogen) atoms. The predicted octanol–water partition coefficient (Wildman–Crippen LogP) is 4.67. The van der Waals surface area contributed by atoms with Crippen LogP contribution in [0.2, 0.25) is 0 Å². The molecule has 1 aliphatic carbocycles. The Kier molecular flexibility index (Phi) is 5.79. The molecule has 2 fully saturated rings. The molecule has 0 bridgehead atoms. The van der Waals surface area contributed by atoms with Crippen LogP contribution in [0.5, 0.6) is 0 Å². The quantitative estimate of drug-likeness (QED) is 0.323. The van der Waals surface area contributed by atoms with E-state index < -0.39 is 0 Å². The fraction of sp³-hybridized carbons (Fsp3) is 0.360. The van der Waals surface area contributed by atoms with Crippen LogP contribution in [0.25, 0.3) is 21.6 Å². The van der Waals surface area contributed by atoms with Gasteiger partial charge in [0, 0.05) is 35.3 Å². The molecule has 1 saturated heterocycles. The van der Waals surface area contributed by atoms with Gasteiger partial charge in [-0.2, -0.15) is 4.39 Å². The standard InChI is InChI=1S/C25H26FN7OS/c1-2-21(34)29-15-9-14(11-27-12-15)13-3-4-18-17(10-13)23(33-32-18)25-30-22-16(7-8-28-24(22)31-25)19-5-6-20(26)35-19/h5-9,11-13,17-18,23,32-33H,2-4,10H2,1H3,(H,29,34)(H,28,30,31). The van der Waals surface area contributed by atoms with Crippen LogP contribution < -0.4 is 16.2 Å². The number of aromatic nitrogens is 4. The van der Waals surface area contributed by atoms with Crippen molar-refractivity contribution in [1.82, 2.24) is 30.8 Å². The lowest BCUT2D eigenvalue weighted by Crippen LogP contribution is -2.34. The summed E-state index contributed by atoms with van der Waals surface area (Å²) in [5.74, 6) is 1.49. The van der Waals surface area contributed by atoms with Gasteiger partial charge in [0.1, 0.15) is 5.82 Å². The van der Waals surface area contributed by atoms with Gasteiger partial charge in [-0.25, -0.2) is 15.4 Å². The third kappa shape index (κ3) is 4.22. The summed E-state index contributed by atoms with van der Waals surface area (Å²) in [6.07, 6.45) is 8.81. The molecule has 10 heteroatoms. The maximum absolute atomic E-state index is 13.7. The zero-order chi connectivity index (χ0) is 23.9. The number of anilines is 1. The number of halogens is 1. The molecule has 0 spiro atoms. The summed E-state index contributed by atoms with van der Waals surface area (Å²) >= 11 is 1.12. The van der Waals surface area contributed by atoms with Gasteiger partial charge in [0.15, 0.2) is 10.8 Å². The molecule has 1 saturated carbocycles. The number of hydrogen-bond donors (Lipinski definition) is 4. The average Bonchev–Trinajstić information content (AvgIpc) is 3.61. The number of hydrogen-bond acceptors (Lipinski definition) is 7. The fourth-order valence-electron chi connectivity index (χ4n) is 5.37. The minimum absolute atomic E-state index is 0.000794. The summed E-state index contributed by atoms with van der Waals surface area (Å²) in [7, 11) is 0. The largest absolute Gasteiger partial charge is 0.339 e. The Bertz CT molecular complexity index is 1390. The van der Waals surface area contributed by atoms with E-state index in [0.29, 0.717) is 29.9 Å². The fourth-order valence-corrected chi connectivity index (χ4v) is 6.13. The number of amides is 1. The third-order valence-electron chi connectivity index (χ3n) is 7.13. The smallest absolute Gasteiger partial charge is 0.224 e. The number of H-pyrrole nitrogens is 1. The highest BCUT2D eigenvalue weighted by atomic mass is 32.1. The van der Waals surface area contributed by atoms with Crippen LogP contribution in [-0.2, 0) is 4.79 Å². The number of nitrogens with one attached hydrogen (secondary N) is 4. The highest BCUT2D eigenvalue weighted by molar-refractivity contribution is 7.14. The first-order chi connectivity index (χ1) is 17.1. The lowest BCUT2D eigenvalue weighted by Gasteiger charge is -2.33. The van der Waals surface area contributed by atoms with Gasteiger partial charge in [-0.15, -0.1) is 11.3 Å². The number of carbonyl (C=O) groups is 1. The summed E-state index contributed by atoms with van der Waals surface area (Å²) in [4.78, 5) is 29.8. The minimum atomic E-state index is -0.213.